The molecule has 0 aliphatic carbocycles. The molecular formula is C20H18ClN5O2. The van der Waals surface area contributed by atoms with E-state index in [1.54, 1.807) is 0 Å². The molecule has 6 bridgehead atoms. The summed E-state index contributed by atoms with van der Waals surface area (Å²) in [6.07, 6.45) is 3.85. The molecular weight excluding hydrogens is 378 g/mol. The van der Waals surface area contributed by atoms with Crippen LogP contribution < -0.4 is 20.1 Å². The number of benzene rings is 2. The Morgan fingerprint density at radius 3 is 2.39 bits per heavy atom. The Kier molecular flexibility index (Phi) is 5.53. The van der Waals surface area contributed by atoms with Gasteiger partial charge in [0.2, 0.25) is 17.2 Å². The zero-order valence-electron chi connectivity index (χ0n) is 14.9. The predicted octanol–water partition coefficient (Wildman–Crippen LogP) is 4.21. The lowest BCUT2D eigenvalue weighted by molar-refractivity contribution is 0.350. The number of nitrogens with one attached hydrogen (secondary N) is 2. The van der Waals surface area contributed by atoms with E-state index in [1.807, 2.05) is 60.7 Å². The summed E-state index contributed by atoms with van der Waals surface area (Å²) in [6, 6.07) is 15.3. The van der Waals surface area contributed by atoms with Gasteiger partial charge in [0.25, 0.3) is 0 Å². The standard InChI is InChI=1S/C20H18ClN5O2/c21-18-24-19-22-13-14-6-8-16(9-7-14)27-10-1-2-11-28-17-5-3-4-15(12-17)23-20(25-18)26-19/h1-9,12H,10-11,13H2,(H2,22,23,24,25,26). The number of ether oxygens (including phenoxy) is 2. The molecule has 0 fully saturated rings. The van der Waals surface area contributed by atoms with Crippen LogP contribution in [0.25, 0.3) is 0 Å². The minimum atomic E-state index is 0.104. The summed E-state index contributed by atoms with van der Waals surface area (Å²) in [5, 5.41) is 6.39. The third-order valence-electron chi connectivity index (χ3n) is 3.93. The molecule has 0 amide bonds. The van der Waals surface area contributed by atoms with Crippen molar-refractivity contribution in [3.05, 3.63) is 71.5 Å². The second-order valence-corrected chi connectivity index (χ2v) is 6.33. The summed E-state index contributed by atoms with van der Waals surface area (Å²) in [5.74, 6) is 2.26. The summed E-state index contributed by atoms with van der Waals surface area (Å²) in [4.78, 5) is 12.6. The first-order valence-corrected chi connectivity index (χ1v) is 9.14. The summed E-state index contributed by atoms with van der Waals surface area (Å²) in [5.41, 5.74) is 1.85. The number of hydrogen-bond acceptors (Lipinski definition) is 7. The van der Waals surface area contributed by atoms with Gasteiger partial charge in [-0.2, -0.15) is 15.0 Å². The van der Waals surface area contributed by atoms with Gasteiger partial charge in [0, 0.05) is 18.3 Å². The summed E-state index contributed by atoms with van der Waals surface area (Å²) in [7, 11) is 0. The Balaban J connectivity index is 1.61. The van der Waals surface area contributed by atoms with Crippen LogP contribution in [0.15, 0.2) is 60.7 Å². The molecule has 0 spiro atoms. The van der Waals surface area contributed by atoms with Gasteiger partial charge in [-0.05, 0) is 53.6 Å². The third kappa shape index (κ3) is 4.89. The maximum absolute atomic E-state index is 6.05. The number of nitrogens with zero attached hydrogens (tertiary/aromatic N) is 3. The maximum atomic E-state index is 6.05. The molecule has 0 atom stereocenters. The van der Waals surface area contributed by atoms with E-state index in [-0.39, 0.29) is 5.28 Å². The molecule has 142 valence electrons. The summed E-state index contributed by atoms with van der Waals surface area (Å²) in [6.45, 7) is 1.47. The third-order valence-corrected chi connectivity index (χ3v) is 4.10. The molecule has 0 saturated carbocycles. The Morgan fingerprint density at radius 1 is 0.821 bits per heavy atom. The van der Waals surface area contributed by atoms with Crippen molar-refractivity contribution >= 4 is 29.2 Å². The van der Waals surface area contributed by atoms with E-state index < -0.39 is 0 Å². The van der Waals surface area contributed by atoms with Gasteiger partial charge in [-0.15, -0.1) is 0 Å². The predicted molar refractivity (Wildman–Crippen MR) is 108 cm³/mol. The smallest absolute Gasteiger partial charge is 0.233 e. The van der Waals surface area contributed by atoms with Gasteiger partial charge in [0.1, 0.15) is 24.7 Å². The summed E-state index contributed by atoms with van der Waals surface area (Å²) >= 11 is 6.05. The zero-order chi connectivity index (χ0) is 19.2. The Morgan fingerprint density at radius 2 is 1.57 bits per heavy atom. The van der Waals surface area contributed by atoms with Crippen molar-refractivity contribution in [2.45, 2.75) is 6.54 Å². The zero-order valence-corrected chi connectivity index (χ0v) is 15.7. The van der Waals surface area contributed by atoms with Crippen LogP contribution in [0, 0.1) is 0 Å². The first-order chi connectivity index (χ1) is 13.7. The van der Waals surface area contributed by atoms with E-state index in [1.165, 1.54) is 0 Å². The normalized spacial score (nSPS) is 13.8. The molecule has 3 heterocycles. The highest BCUT2D eigenvalue weighted by atomic mass is 35.5. The van der Waals surface area contributed by atoms with Crippen LogP contribution >= 0.6 is 11.6 Å². The molecule has 0 saturated heterocycles. The SMILES string of the molecule is Clc1nc2nc(n1)Nc1cccc(c1)OCC=CCOc1ccc(cc1)CN2. The van der Waals surface area contributed by atoms with E-state index in [0.717, 1.165) is 22.7 Å². The molecule has 0 unspecified atom stereocenters. The van der Waals surface area contributed by atoms with Gasteiger partial charge in [0.15, 0.2) is 0 Å². The highest BCUT2D eigenvalue weighted by Gasteiger charge is 2.07. The molecule has 28 heavy (non-hydrogen) atoms. The van der Waals surface area contributed by atoms with Gasteiger partial charge in [0.05, 0.1) is 0 Å². The van der Waals surface area contributed by atoms with E-state index >= 15 is 0 Å². The molecule has 1 aromatic heterocycles. The van der Waals surface area contributed by atoms with Crippen LogP contribution in [0.4, 0.5) is 17.6 Å². The van der Waals surface area contributed by atoms with Gasteiger partial charge < -0.3 is 20.1 Å². The van der Waals surface area contributed by atoms with Crippen LogP contribution in [0.1, 0.15) is 5.56 Å². The Bertz CT molecular complexity index is 979. The molecule has 0 radical (unpaired) electrons. The van der Waals surface area contributed by atoms with Crippen molar-refractivity contribution < 1.29 is 9.47 Å². The van der Waals surface area contributed by atoms with Crippen LogP contribution in [0.2, 0.25) is 5.28 Å². The van der Waals surface area contributed by atoms with Gasteiger partial charge >= 0.3 is 0 Å². The molecule has 2 aliphatic rings. The largest absolute Gasteiger partial charge is 0.490 e. The molecule has 8 heteroatoms. The van der Waals surface area contributed by atoms with Crippen molar-refractivity contribution in [3.63, 3.8) is 0 Å². The second kappa shape index (κ2) is 8.58. The quantitative estimate of drug-likeness (QED) is 0.552. The van der Waals surface area contributed by atoms with Crippen LogP contribution in [-0.2, 0) is 6.54 Å². The molecule has 3 aromatic rings. The molecule has 7 nitrogen and oxygen atoms in total. The van der Waals surface area contributed by atoms with E-state index in [4.69, 9.17) is 21.1 Å². The summed E-state index contributed by atoms with van der Waals surface area (Å²) < 4.78 is 11.4. The van der Waals surface area contributed by atoms with Gasteiger partial charge in [-0.1, -0.05) is 18.2 Å². The van der Waals surface area contributed by atoms with E-state index in [9.17, 15) is 0 Å². The van der Waals surface area contributed by atoms with E-state index in [2.05, 4.69) is 25.6 Å². The highest BCUT2D eigenvalue weighted by Crippen LogP contribution is 2.21. The Hall–Kier alpha value is -3.32. The van der Waals surface area contributed by atoms with Crippen LogP contribution in [0.5, 0.6) is 11.5 Å². The maximum Gasteiger partial charge on any atom is 0.233 e. The topological polar surface area (TPSA) is 81.2 Å². The number of aromatic nitrogens is 3. The number of anilines is 3. The Labute approximate surface area is 167 Å². The molecule has 2 N–H and O–H groups in total. The molecule has 5 rings (SSSR count). The fraction of sp³-hybridized carbons (Fsp3) is 0.150. The minimum absolute atomic E-state index is 0.104. The van der Waals surface area contributed by atoms with Crippen molar-refractivity contribution in [2.75, 3.05) is 23.8 Å². The van der Waals surface area contributed by atoms with Crippen LogP contribution in [0.3, 0.4) is 0 Å². The van der Waals surface area contributed by atoms with Crippen molar-refractivity contribution in [2.24, 2.45) is 0 Å². The van der Waals surface area contributed by atoms with Crippen molar-refractivity contribution in [1.29, 1.82) is 0 Å². The van der Waals surface area contributed by atoms with Gasteiger partial charge in [-0.25, -0.2) is 0 Å². The monoisotopic (exact) mass is 395 g/mol. The van der Waals surface area contributed by atoms with E-state index in [0.29, 0.717) is 31.7 Å². The molecule has 2 aromatic carbocycles. The van der Waals surface area contributed by atoms with Crippen molar-refractivity contribution in [3.8, 4) is 11.5 Å². The fourth-order valence-electron chi connectivity index (χ4n) is 2.59. The minimum Gasteiger partial charge on any atom is -0.490 e. The molecule has 2 aliphatic heterocycles. The lowest BCUT2D eigenvalue weighted by atomic mass is 10.2. The average molecular weight is 396 g/mol. The number of fused-ring (bicyclic) bond motifs is 7. The van der Waals surface area contributed by atoms with Crippen molar-refractivity contribution in [1.82, 2.24) is 15.0 Å². The lowest BCUT2D eigenvalue weighted by Gasteiger charge is -2.10. The first-order valence-electron chi connectivity index (χ1n) is 8.77. The average Bonchev–Trinajstić information content (AvgIpc) is 2.69. The number of halogens is 1. The second-order valence-electron chi connectivity index (χ2n) is 6.00. The van der Waals surface area contributed by atoms with Gasteiger partial charge in [-0.3, -0.25) is 0 Å². The highest BCUT2D eigenvalue weighted by molar-refractivity contribution is 6.28. The van der Waals surface area contributed by atoms with Crippen LogP contribution in [-0.4, -0.2) is 28.2 Å². The fourth-order valence-corrected chi connectivity index (χ4v) is 2.75. The lowest BCUT2D eigenvalue weighted by Crippen LogP contribution is -2.07. The number of rotatable bonds is 0. The number of hydrogen-bond donors (Lipinski definition) is 2. The first kappa shape index (κ1) is 18.1.